The third-order valence-corrected chi connectivity index (χ3v) is 4.16. The third-order valence-electron chi connectivity index (χ3n) is 4.16. The van der Waals surface area contributed by atoms with E-state index in [4.69, 9.17) is 0 Å². The number of amides is 1. The Hall–Kier alpha value is -2.41. The van der Waals surface area contributed by atoms with E-state index in [2.05, 4.69) is 20.2 Å². The molecule has 1 fully saturated rings. The number of aryl methyl sites for hydroxylation is 1. The summed E-state index contributed by atoms with van der Waals surface area (Å²) in [5, 5.41) is 3.00. The average molecular weight is 315 g/mol. The van der Waals surface area contributed by atoms with Crippen molar-refractivity contribution < 1.29 is 4.79 Å². The van der Waals surface area contributed by atoms with Crippen molar-refractivity contribution in [3.63, 3.8) is 0 Å². The number of carbonyl (C=O) groups is 1. The molecule has 2 aromatic heterocycles. The van der Waals surface area contributed by atoms with Gasteiger partial charge in [0.2, 0.25) is 0 Å². The second-order valence-corrected chi connectivity index (χ2v) is 5.93. The number of carbonyl (C=O) groups excluding carboxylic acids is 1. The molecule has 7 nitrogen and oxygen atoms in total. The molecule has 122 valence electrons. The van der Waals surface area contributed by atoms with Gasteiger partial charge in [-0.05, 0) is 25.0 Å². The van der Waals surface area contributed by atoms with Crippen molar-refractivity contribution in [2.45, 2.75) is 25.4 Å². The van der Waals surface area contributed by atoms with Gasteiger partial charge in [-0.3, -0.25) is 14.7 Å². The number of nitrogens with zero attached hydrogens (tertiary/aromatic N) is 3. The first-order chi connectivity index (χ1) is 11.1. The van der Waals surface area contributed by atoms with E-state index in [1.165, 1.54) is 10.8 Å². The van der Waals surface area contributed by atoms with E-state index < -0.39 is 0 Å². The molecule has 0 saturated carbocycles. The highest BCUT2D eigenvalue weighted by Gasteiger charge is 2.22. The Morgan fingerprint density at radius 3 is 2.78 bits per heavy atom. The quantitative estimate of drug-likeness (QED) is 0.861. The Balaban J connectivity index is 1.49. The number of hydrogen-bond acceptors (Lipinski definition) is 4. The van der Waals surface area contributed by atoms with Crippen molar-refractivity contribution in [2.75, 3.05) is 13.1 Å². The maximum atomic E-state index is 12.1. The normalized spacial score (nSPS) is 16.4. The zero-order valence-corrected chi connectivity index (χ0v) is 13.2. The Kier molecular flexibility index (Phi) is 4.57. The lowest BCUT2D eigenvalue weighted by Crippen LogP contribution is -2.44. The summed E-state index contributed by atoms with van der Waals surface area (Å²) < 4.78 is 1.37. The van der Waals surface area contributed by atoms with Crippen molar-refractivity contribution in [1.82, 2.24) is 24.8 Å². The molecule has 1 amide bonds. The predicted molar refractivity (Wildman–Crippen MR) is 86.0 cm³/mol. The topological polar surface area (TPSA) is 83.0 Å². The first-order valence-electron chi connectivity index (χ1n) is 7.80. The third kappa shape index (κ3) is 3.87. The molecule has 1 saturated heterocycles. The number of imidazole rings is 1. The van der Waals surface area contributed by atoms with Crippen LogP contribution in [-0.4, -0.2) is 44.5 Å². The number of nitrogens with one attached hydrogen (secondary N) is 2. The minimum absolute atomic E-state index is 0.145. The summed E-state index contributed by atoms with van der Waals surface area (Å²) in [5.41, 5.74) is 1.10. The fourth-order valence-corrected chi connectivity index (χ4v) is 2.82. The van der Waals surface area contributed by atoms with Crippen LogP contribution < -0.4 is 11.0 Å². The highest BCUT2D eigenvalue weighted by molar-refractivity contribution is 5.92. The van der Waals surface area contributed by atoms with E-state index in [-0.39, 0.29) is 17.6 Å². The van der Waals surface area contributed by atoms with Crippen LogP contribution in [0.1, 0.15) is 29.0 Å². The summed E-state index contributed by atoms with van der Waals surface area (Å²) in [6, 6.07) is 6.08. The smallest absolute Gasteiger partial charge is 0.325 e. The SMILES string of the molecule is Cn1cc(C(=O)NC2CCN(Cc3ccccn3)CC2)[nH]c1=O. The molecule has 0 aliphatic carbocycles. The van der Waals surface area contributed by atoms with Crippen LogP contribution in [-0.2, 0) is 13.6 Å². The number of H-pyrrole nitrogens is 1. The summed E-state index contributed by atoms with van der Waals surface area (Å²) in [4.78, 5) is 32.7. The van der Waals surface area contributed by atoms with Gasteiger partial charge in [-0.2, -0.15) is 0 Å². The number of hydrogen-bond donors (Lipinski definition) is 2. The Morgan fingerprint density at radius 1 is 1.39 bits per heavy atom. The van der Waals surface area contributed by atoms with Gasteiger partial charge < -0.3 is 14.9 Å². The van der Waals surface area contributed by atoms with Crippen LogP contribution in [0.15, 0.2) is 35.4 Å². The largest absolute Gasteiger partial charge is 0.348 e. The van der Waals surface area contributed by atoms with Gasteiger partial charge in [-0.15, -0.1) is 0 Å². The van der Waals surface area contributed by atoms with Crippen LogP contribution in [0.4, 0.5) is 0 Å². The van der Waals surface area contributed by atoms with Crippen molar-refractivity contribution in [3.05, 3.63) is 52.5 Å². The van der Waals surface area contributed by atoms with Crippen molar-refractivity contribution in [2.24, 2.45) is 7.05 Å². The Labute approximate surface area is 134 Å². The van der Waals surface area contributed by atoms with E-state index in [1.54, 1.807) is 7.05 Å². The van der Waals surface area contributed by atoms with Crippen LogP contribution in [0.25, 0.3) is 0 Å². The number of aromatic amines is 1. The molecule has 0 atom stereocenters. The highest BCUT2D eigenvalue weighted by atomic mass is 16.2. The van der Waals surface area contributed by atoms with Crippen LogP contribution in [0, 0.1) is 0 Å². The van der Waals surface area contributed by atoms with Gasteiger partial charge in [-0.1, -0.05) is 6.07 Å². The number of rotatable bonds is 4. The highest BCUT2D eigenvalue weighted by Crippen LogP contribution is 2.13. The first-order valence-corrected chi connectivity index (χ1v) is 7.80. The maximum absolute atomic E-state index is 12.1. The van der Waals surface area contributed by atoms with Gasteiger partial charge in [-0.25, -0.2) is 4.79 Å². The summed E-state index contributed by atoms with van der Waals surface area (Å²) in [6.07, 6.45) is 5.13. The zero-order chi connectivity index (χ0) is 16.2. The van der Waals surface area contributed by atoms with E-state index in [0.717, 1.165) is 38.2 Å². The maximum Gasteiger partial charge on any atom is 0.325 e. The summed E-state index contributed by atoms with van der Waals surface area (Å²) in [7, 11) is 1.62. The second kappa shape index (κ2) is 6.78. The molecule has 3 heterocycles. The van der Waals surface area contributed by atoms with E-state index in [0.29, 0.717) is 5.69 Å². The van der Waals surface area contributed by atoms with Crippen LogP contribution >= 0.6 is 0 Å². The standard InChI is InChI=1S/C16H21N5O2/c1-20-11-14(19-16(20)23)15(22)18-12-5-8-21(9-6-12)10-13-4-2-3-7-17-13/h2-4,7,11-12H,5-6,8-10H2,1H3,(H,18,22)(H,19,23). The molecule has 0 bridgehead atoms. The fraction of sp³-hybridized carbons (Fsp3) is 0.438. The summed E-state index contributed by atoms with van der Waals surface area (Å²) in [5.74, 6) is -0.217. The molecule has 2 N–H and O–H groups in total. The average Bonchev–Trinajstić information content (AvgIpc) is 2.90. The number of pyridine rings is 1. The molecule has 3 rings (SSSR count). The molecular weight excluding hydrogens is 294 g/mol. The Bertz CT molecular complexity index is 714. The fourth-order valence-electron chi connectivity index (χ4n) is 2.82. The lowest BCUT2D eigenvalue weighted by molar-refractivity contribution is 0.0903. The van der Waals surface area contributed by atoms with Crippen LogP contribution in [0.5, 0.6) is 0 Å². The van der Waals surface area contributed by atoms with Crippen LogP contribution in [0.3, 0.4) is 0 Å². The first kappa shape index (κ1) is 15.5. The van der Waals surface area contributed by atoms with Crippen molar-refractivity contribution in [1.29, 1.82) is 0 Å². The minimum atomic E-state index is -0.277. The molecule has 7 heteroatoms. The molecule has 0 spiro atoms. The molecular formula is C16H21N5O2. The van der Waals surface area contributed by atoms with Gasteiger partial charge in [0.25, 0.3) is 5.91 Å². The molecule has 0 unspecified atom stereocenters. The predicted octanol–water partition coefficient (Wildman–Crippen LogP) is 0.503. The monoisotopic (exact) mass is 315 g/mol. The lowest BCUT2D eigenvalue weighted by Gasteiger charge is -2.32. The number of piperidine rings is 1. The van der Waals surface area contributed by atoms with Crippen molar-refractivity contribution in [3.8, 4) is 0 Å². The molecule has 23 heavy (non-hydrogen) atoms. The van der Waals surface area contributed by atoms with Gasteiger partial charge in [0.1, 0.15) is 5.69 Å². The van der Waals surface area contributed by atoms with Gasteiger partial charge in [0.15, 0.2) is 0 Å². The molecule has 0 aromatic carbocycles. The minimum Gasteiger partial charge on any atom is -0.348 e. The van der Waals surface area contributed by atoms with Crippen LogP contribution in [0.2, 0.25) is 0 Å². The molecule has 2 aromatic rings. The van der Waals surface area contributed by atoms with E-state index >= 15 is 0 Å². The Morgan fingerprint density at radius 2 is 2.17 bits per heavy atom. The van der Waals surface area contributed by atoms with E-state index in [1.807, 2.05) is 24.4 Å². The van der Waals surface area contributed by atoms with Gasteiger partial charge in [0, 0.05) is 45.1 Å². The summed E-state index contributed by atoms with van der Waals surface area (Å²) >= 11 is 0. The molecule has 1 aliphatic heterocycles. The summed E-state index contributed by atoms with van der Waals surface area (Å²) in [6.45, 7) is 2.69. The molecule has 1 aliphatic rings. The number of aromatic nitrogens is 3. The second-order valence-electron chi connectivity index (χ2n) is 5.93. The van der Waals surface area contributed by atoms with Crippen molar-refractivity contribution >= 4 is 5.91 Å². The zero-order valence-electron chi connectivity index (χ0n) is 13.2. The van der Waals surface area contributed by atoms with Gasteiger partial charge in [0.05, 0.1) is 5.69 Å². The van der Waals surface area contributed by atoms with E-state index in [9.17, 15) is 9.59 Å². The number of likely N-dealkylation sites (tertiary alicyclic amines) is 1. The van der Waals surface area contributed by atoms with Gasteiger partial charge >= 0.3 is 5.69 Å². The lowest BCUT2D eigenvalue weighted by atomic mass is 10.0. The molecule has 0 radical (unpaired) electrons.